The first-order valence-electron chi connectivity index (χ1n) is 8.67. The lowest BCUT2D eigenvalue weighted by molar-refractivity contribution is -0.119. The molecular weight excluding hydrogens is 330 g/mol. The molecule has 0 radical (unpaired) electrons. The Hall–Kier alpha value is -2.85. The molecule has 0 aromatic carbocycles. The molecule has 1 unspecified atom stereocenters. The van der Waals surface area contributed by atoms with E-state index >= 15 is 0 Å². The summed E-state index contributed by atoms with van der Waals surface area (Å²) in [5, 5.41) is 11.8. The van der Waals surface area contributed by atoms with Gasteiger partial charge in [0.25, 0.3) is 0 Å². The van der Waals surface area contributed by atoms with Crippen LogP contribution in [0.15, 0.2) is 30.6 Å². The van der Waals surface area contributed by atoms with E-state index in [1.54, 1.807) is 6.20 Å². The van der Waals surface area contributed by atoms with Crippen molar-refractivity contribution in [2.75, 3.05) is 13.1 Å². The molecule has 2 aromatic rings. The van der Waals surface area contributed by atoms with Crippen molar-refractivity contribution in [1.29, 1.82) is 5.26 Å². The summed E-state index contributed by atoms with van der Waals surface area (Å²) < 4.78 is 7.94. The third kappa shape index (κ3) is 4.61. The largest absolute Gasteiger partial charge is 0.489 e. The molecule has 1 atom stereocenters. The van der Waals surface area contributed by atoms with Crippen LogP contribution in [-0.2, 0) is 24.9 Å². The smallest absolute Gasteiger partial charge is 0.217 e. The van der Waals surface area contributed by atoms with E-state index in [-0.39, 0.29) is 12.0 Å². The van der Waals surface area contributed by atoms with Crippen molar-refractivity contribution in [3.8, 4) is 11.8 Å². The Morgan fingerprint density at radius 1 is 1.50 bits per heavy atom. The van der Waals surface area contributed by atoms with Crippen LogP contribution < -0.4 is 10.1 Å². The van der Waals surface area contributed by atoms with Gasteiger partial charge in [-0.1, -0.05) is 0 Å². The summed E-state index contributed by atoms with van der Waals surface area (Å²) in [5.74, 6) is 0.698. The Morgan fingerprint density at radius 2 is 2.35 bits per heavy atom. The lowest BCUT2D eigenvalue weighted by Crippen LogP contribution is -2.24. The number of nitriles is 1. The number of nitrogens with zero attached hydrogens (tertiary/aromatic N) is 4. The Balaban J connectivity index is 1.53. The number of aromatic nitrogens is 2. The fraction of sp³-hybridized carbons (Fsp3) is 0.421. The van der Waals surface area contributed by atoms with Crippen LogP contribution >= 0.6 is 0 Å². The average molecular weight is 353 g/mol. The van der Waals surface area contributed by atoms with Crippen molar-refractivity contribution in [3.05, 3.63) is 47.5 Å². The zero-order valence-corrected chi connectivity index (χ0v) is 15.1. The molecule has 26 heavy (non-hydrogen) atoms. The van der Waals surface area contributed by atoms with Gasteiger partial charge in [0.05, 0.1) is 12.2 Å². The number of ether oxygens (including phenoxy) is 1. The van der Waals surface area contributed by atoms with Gasteiger partial charge in [0, 0.05) is 52.1 Å². The van der Waals surface area contributed by atoms with Gasteiger partial charge in [-0.25, -0.2) is 0 Å². The molecule has 1 saturated heterocycles. The molecule has 7 nitrogen and oxygen atoms in total. The summed E-state index contributed by atoms with van der Waals surface area (Å²) in [6.45, 7) is 4.52. The van der Waals surface area contributed by atoms with Gasteiger partial charge in [-0.3, -0.25) is 14.7 Å². The molecule has 2 aromatic heterocycles. The number of nitrogens with one attached hydrogen (secondary N) is 1. The van der Waals surface area contributed by atoms with E-state index in [2.05, 4.69) is 21.3 Å². The maximum atomic E-state index is 11.0. The highest BCUT2D eigenvalue weighted by Gasteiger charge is 2.24. The zero-order chi connectivity index (χ0) is 18.5. The fourth-order valence-corrected chi connectivity index (χ4v) is 3.16. The van der Waals surface area contributed by atoms with Gasteiger partial charge < -0.3 is 14.6 Å². The van der Waals surface area contributed by atoms with Crippen molar-refractivity contribution in [3.63, 3.8) is 0 Å². The van der Waals surface area contributed by atoms with Crippen LogP contribution in [-0.4, -0.2) is 39.6 Å². The predicted octanol–water partition coefficient (Wildman–Crippen LogP) is 1.58. The maximum Gasteiger partial charge on any atom is 0.217 e. The van der Waals surface area contributed by atoms with Crippen molar-refractivity contribution in [1.82, 2.24) is 19.8 Å². The molecule has 7 heteroatoms. The summed E-state index contributed by atoms with van der Waals surface area (Å²) in [6.07, 6.45) is 4.79. The third-order valence-electron chi connectivity index (χ3n) is 4.42. The molecular formula is C19H23N5O2. The summed E-state index contributed by atoms with van der Waals surface area (Å²) in [5.41, 5.74) is 2.60. The van der Waals surface area contributed by atoms with Crippen molar-refractivity contribution in [2.45, 2.75) is 32.5 Å². The van der Waals surface area contributed by atoms with Crippen LogP contribution in [0, 0.1) is 11.3 Å². The van der Waals surface area contributed by atoms with E-state index in [1.807, 2.05) is 36.0 Å². The van der Waals surface area contributed by atoms with E-state index in [9.17, 15) is 4.79 Å². The van der Waals surface area contributed by atoms with Gasteiger partial charge in [-0.05, 0) is 24.1 Å². The van der Waals surface area contributed by atoms with E-state index in [4.69, 9.17) is 10.00 Å². The van der Waals surface area contributed by atoms with Crippen molar-refractivity contribution < 1.29 is 9.53 Å². The second-order valence-electron chi connectivity index (χ2n) is 6.61. The summed E-state index contributed by atoms with van der Waals surface area (Å²) >= 11 is 0. The molecule has 1 fully saturated rings. The Morgan fingerprint density at radius 3 is 3.08 bits per heavy atom. The van der Waals surface area contributed by atoms with E-state index < -0.39 is 0 Å². The number of carbonyl (C=O) groups is 1. The highest BCUT2D eigenvalue weighted by atomic mass is 16.5. The number of likely N-dealkylation sites (tertiary alicyclic amines) is 1. The molecule has 136 valence electrons. The first-order chi connectivity index (χ1) is 12.5. The van der Waals surface area contributed by atoms with Crippen LogP contribution in [0.1, 0.15) is 30.3 Å². The van der Waals surface area contributed by atoms with Crippen LogP contribution in [0.2, 0.25) is 0 Å². The maximum absolute atomic E-state index is 11.0. The summed E-state index contributed by atoms with van der Waals surface area (Å²) in [6, 6.07) is 7.84. The number of rotatable bonds is 6. The van der Waals surface area contributed by atoms with Crippen molar-refractivity contribution >= 4 is 5.91 Å². The molecule has 1 N–H and O–H groups in total. The lowest BCUT2D eigenvalue weighted by atomic mass is 10.3. The summed E-state index contributed by atoms with van der Waals surface area (Å²) in [4.78, 5) is 17.6. The molecule has 3 heterocycles. The minimum Gasteiger partial charge on any atom is -0.489 e. The highest BCUT2D eigenvalue weighted by Crippen LogP contribution is 2.20. The second kappa shape index (κ2) is 8.02. The van der Waals surface area contributed by atoms with Crippen molar-refractivity contribution in [2.24, 2.45) is 7.05 Å². The minimum atomic E-state index is -0.0787. The third-order valence-corrected chi connectivity index (χ3v) is 4.42. The lowest BCUT2D eigenvalue weighted by Gasteiger charge is -2.16. The molecule has 0 spiro atoms. The van der Waals surface area contributed by atoms with E-state index in [1.165, 1.54) is 6.92 Å². The quantitative estimate of drug-likeness (QED) is 0.852. The van der Waals surface area contributed by atoms with E-state index in [0.717, 1.165) is 43.1 Å². The first kappa shape index (κ1) is 18.0. The Kier molecular flexibility index (Phi) is 5.54. The van der Waals surface area contributed by atoms with Crippen LogP contribution in [0.25, 0.3) is 0 Å². The van der Waals surface area contributed by atoms with Gasteiger partial charge in [0.2, 0.25) is 5.91 Å². The standard InChI is InChI=1S/C19H23N5O2/c1-14(25)22-10-16-8-18(3-5-21-16)26-19-4-6-24(13-19)12-15-7-17(9-20)23(2)11-15/h3,5,7-8,11,19H,4,6,10,12-13H2,1-2H3,(H,22,25). The number of aryl methyl sites for hydroxylation is 1. The SMILES string of the molecule is CC(=O)NCc1cc(OC2CCN(Cc3cc(C#N)n(C)c3)C2)ccn1. The number of carbonyl (C=O) groups excluding carboxylic acids is 1. The number of amides is 1. The van der Waals surface area contributed by atoms with E-state index in [0.29, 0.717) is 12.2 Å². The van der Waals surface area contributed by atoms with Gasteiger partial charge in [-0.15, -0.1) is 0 Å². The van der Waals surface area contributed by atoms with Crippen LogP contribution in [0.3, 0.4) is 0 Å². The zero-order valence-electron chi connectivity index (χ0n) is 15.1. The Labute approximate surface area is 153 Å². The van der Waals surface area contributed by atoms with Gasteiger partial charge in [-0.2, -0.15) is 5.26 Å². The molecule has 1 aliphatic heterocycles. The number of hydrogen-bond donors (Lipinski definition) is 1. The molecule has 1 amide bonds. The van der Waals surface area contributed by atoms with Crippen LogP contribution in [0.5, 0.6) is 5.75 Å². The number of hydrogen-bond acceptors (Lipinski definition) is 5. The molecule has 1 aliphatic rings. The minimum absolute atomic E-state index is 0.0787. The fourth-order valence-electron chi connectivity index (χ4n) is 3.16. The molecule has 0 aliphatic carbocycles. The van der Waals surface area contributed by atoms with Gasteiger partial charge in [0.15, 0.2) is 0 Å². The average Bonchev–Trinajstić information content (AvgIpc) is 3.19. The highest BCUT2D eigenvalue weighted by molar-refractivity contribution is 5.72. The first-order valence-corrected chi connectivity index (χ1v) is 8.67. The summed E-state index contributed by atoms with van der Waals surface area (Å²) in [7, 11) is 1.89. The topological polar surface area (TPSA) is 83.2 Å². The van der Waals surface area contributed by atoms with Gasteiger partial charge >= 0.3 is 0 Å². The Bertz CT molecular complexity index is 824. The molecule has 0 saturated carbocycles. The van der Waals surface area contributed by atoms with Crippen LogP contribution in [0.4, 0.5) is 0 Å². The number of pyridine rings is 1. The predicted molar refractivity (Wildman–Crippen MR) is 96.2 cm³/mol. The molecule has 3 rings (SSSR count). The molecule has 0 bridgehead atoms. The van der Waals surface area contributed by atoms with Gasteiger partial charge in [0.1, 0.15) is 23.6 Å². The second-order valence-corrected chi connectivity index (χ2v) is 6.61. The monoisotopic (exact) mass is 353 g/mol. The normalized spacial score (nSPS) is 17.0.